The highest BCUT2D eigenvalue weighted by Gasteiger charge is 2.13. The molecule has 22 heavy (non-hydrogen) atoms. The van der Waals surface area contributed by atoms with Crippen molar-refractivity contribution < 1.29 is 9.47 Å². The highest BCUT2D eigenvalue weighted by molar-refractivity contribution is 5.32. The van der Waals surface area contributed by atoms with Crippen LogP contribution >= 0.6 is 0 Å². The van der Waals surface area contributed by atoms with Crippen LogP contribution in [0.1, 0.15) is 23.7 Å². The van der Waals surface area contributed by atoms with Gasteiger partial charge in [-0.2, -0.15) is 0 Å². The first-order valence-electron chi connectivity index (χ1n) is 7.43. The zero-order valence-electron chi connectivity index (χ0n) is 13.6. The maximum absolute atomic E-state index is 12.3. The molecule has 1 aromatic heterocycles. The van der Waals surface area contributed by atoms with Crippen molar-refractivity contribution in [3.8, 4) is 5.75 Å². The highest BCUT2D eigenvalue weighted by atomic mass is 16.5. The average Bonchev–Trinajstić information content (AvgIpc) is 2.53. The van der Waals surface area contributed by atoms with Crippen molar-refractivity contribution in [3.63, 3.8) is 0 Å². The lowest BCUT2D eigenvalue weighted by Gasteiger charge is -2.19. The van der Waals surface area contributed by atoms with Gasteiger partial charge in [-0.15, -0.1) is 0 Å². The lowest BCUT2D eigenvalue weighted by atomic mass is 10.2. The fourth-order valence-electron chi connectivity index (χ4n) is 2.30. The van der Waals surface area contributed by atoms with Crippen LogP contribution in [0.4, 0.5) is 0 Å². The number of methoxy groups -OCH3 is 1. The Balaban J connectivity index is 2.27. The van der Waals surface area contributed by atoms with Crippen LogP contribution in [0.2, 0.25) is 0 Å². The summed E-state index contributed by atoms with van der Waals surface area (Å²) in [5, 5.41) is 0. The van der Waals surface area contributed by atoms with Crippen LogP contribution in [0.25, 0.3) is 0 Å². The van der Waals surface area contributed by atoms with Gasteiger partial charge in [0.05, 0.1) is 11.8 Å². The number of nitrogens with zero attached hydrogens (tertiary/aromatic N) is 1. The molecule has 0 N–H and O–H groups in total. The third kappa shape index (κ3) is 3.77. The van der Waals surface area contributed by atoms with Crippen molar-refractivity contribution in [1.82, 2.24) is 4.57 Å². The summed E-state index contributed by atoms with van der Waals surface area (Å²) in [5.41, 5.74) is 2.50. The molecule has 1 aromatic carbocycles. The van der Waals surface area contributed by atoms with Crippen LogP contribution in [-0.4, -0.2) is 17.8 Å². The van der Waals surface area contributed by atoms with Gasteiger partial charge in [-0.25, -0.2) is 0 Å². The molecule has 0 spiro atoms. The Morgan fingerprint density at radius 1 is 1.18 bits per heavy atom. The second-order valence-corrected chi connectivity index (χ2v) is 5.53. The number of aryl methyl sites for hydroxylation is 1. The van der Waals surface area contributed by atoms with E-state index in [-0.39, 0.29) is 11.5 Å². The molecule has 1 unspecified atom stereocenters. The summed E-state index contributed by atoms with van der Waals surface area (Å²) in [7, 11) is 1.68. The molecule has 0 fully saturated rings. The van der Waals surface area contributed by atoms with Gasteiger partial charge in [0.2, 0.25) is 5.43 Å². The fraction of sp³-hybridized carbons (Fsp3) is 0.389. The van der Waals surface area contributed by atoms with E-state index in [9.17, 15) is 4.79 Å². The average molecular weight is 301 g/mol. The summed E-state index contributed by atoms with van der Waals surface area (Å²) < 4.78 is 13.1. The van der Waals surface area contributed by atoms with E-state index in [0.29, 0.717) is 24.5 Å². The van der Waals surface area contributed by atoms with E-state index in [2.05, 4.69) is 0 Å². The topological polar surface area (TPSA) is 40.5 Å². The minimum Gasteiger partial charge on any atom is -0.483 e. The summed E-state index contributed by atoms with van der Waals surface area (Å²) in [6.07, 6.45) is 1.94. The third-order valence-electron chi connectivity index (χ3n) is 3.76. The van der Waals surface area contributed by atoms with Crippen LogP contribution < -0.4 is 10.2 Å². The second kappa shape index (κ2) is 7.27. The largest absolute Gasteiger partial charge is 0.483 e. The van der Waals surface area contributed by atoms with Crippen LogP contribution in [0.5, 0.6) is 5.75 Å². The molecule has 4 heteroatoms. The Labute approximate surface area is 131 Å². The van der Waals surface area contributed by atoms with E-state index in [0.717, 1.165) is 11.3 Å². The summed E-state index contributed by atoms with van der Waals surface area (Å²) in [5.74, 6) is 0.423. The Morgan fingerprint density at radius 3 is 2.50 bits per heavy atom. The number of aromatic nitrogens is 1. The Bertz CT molecular complexity index is 677. The number of hydrogen-bond donors (Lipinski definition) is 0. The minimum absolute atomic E-state index is 0.0465. The number of ether oxygens (including phenoxy) is 2. The third-order valence-corrected chi connectivity index (χ3v) is 3.76. The Morgan fingerprint density at radius 2 is 1.86 bits per heavy atom. The van der Waals surface area contributed by atoms with Gasteiger partial charge in [0.25, 0.3) is 0 Å². The molecule has 0 amide bonds. The van der Waals surface area contributed by atoms with Gasteiger partial charge in [0.1, 0.15) is 6.61 Å². The lowest BCUT2D eigenvalue weighted by molar-refractivity contribution is 0.102. The van der Waals surface area contributed by atoms with Crippen molar-refractivity contribution in [2.24, 2.45) is 0 Å². The molecular formula is C18H23NO3. The molecule has 0 saturated heterocycles. The van der Waals surface area contributed by atoms with Crippen LogP contribution in [0.15, 0.2) is 41.3 Å². The monoisotopic (exact) mass is 301 g/mol. The molecule has 0 aliphatic carbocycles. The highest BCUT2D eigenvalue weighted by Crippen LogP contribution is 2.16. The molecule has 1 heterocycles. The summed E-state index contributed by atoms with van der Waals surface area (Å²) >= 11 is 0. The van der Waals surface area contributed by atoms with Crippen molar-refractivity contribution in [1.29, 1.82) is 0 Å². The van der Waals surface area contributed by atoms with Crippen molar-refractivity contribution >= 4 is 0 Å². The molecule has 2 rings (SSSR count). The summed E-state index contributed by atoms with van der Waals surface area (Å²) in [4.78, 5) is 12.3. The van der Waals surface area contributed by atoms with Gasteiger partial charge in [0, 0.05) is 25.4 Å². The van der Waals surface area contributed by atoms with E-state index in [1.807, 2.05) is 61.9 Å². The zero-order valence-corrected chi connectivity index (χ0v) is 13.6. The van der Waals surface area contributed by atoms with Crippen LogP contribution in [0, 0.1) is 13.8 Å². The van der Waals surface area contributed by atoms with Crippen molar-refractivity contribution in [2.75, 3.05) is 7.11 Å². The van der Waals surface area contributed by atoms with Gasteiger partial charge in [-0.05, 0) is 26.3 Å². The summed E-state index contributed by atoms with van der Waals surface area (Å²) in [6, 6.07) is 9.84. The molecule has 0 aliphatic heterocycles. The van der Waals surface area contributed by atoms with E-state index in [1.54, 1.807) is 7.11 Å². The summed E-state index contributed by atoms with van der Waals surface area (Å²) in [6.45, 7) is 6.79. The van der Waals surface area contributed by atoms with E-state index < -0.39 is 0 Å². The van der Waals surface area contributed by atoms with Crippen molar-refractivity contribution in [2.45, 2.75) is 40.0 Å². The zero-order chi connectivity index (χ0) is 16.1. The van der Waals surface area contributed by atoms with Gasteiger partial charge in [0.15, 0.2) is 5.75 Å². The van der Waals surface area contributed by atoms with Gasteiger partial charge >= 0.3 is 0 Å². The predicted molar refractivity (Wildman–Crippen MR) is 87.4 cm³/mol. The molecule has 0 radical (unpaired) electrons. The van der Waals surface area contributed by atoms with Crippen LogP contribution in [-0.2, 0) is 17.9 Å². The molecular weight excluding hydrogens is 278 g/mol. The first-order chi connectivity index (χ1) is 10.5. The second-order valence-electron chi connectivity index (χ2n) is 5.53. The van der Waals surface area contributed by atoms with Crippen LogP contribution in [0.3, 0.4) is 0 Å². The van der Waals surface area contributed by atoms with E-state index >= 15 is 0 Å². The number of rotatable bonds is 6. The van der Waals surface area contributed by atoms with E-state index in [1.165, 1.54) is 0 Å². The molecule has 118 valence electrons. The Kier molecular flexibility index (Phi) is 5.39. The molecule has 2 aromatic rings. The normalized spacial score (nSPS) is 12.2. The molecule has 0 bridgehead atoms. The number of benzene rings is 1. The minimum atomic E-state index is -0.0465. The molecule has 4 nitrogen and oxygen atoms in total. The molecule has 1 atom stereocenters. The van der Waals surface area contributed by atoms with E-state index in [4.69, 9.17) is 9.47 Å². The fourth-order valence-corrected chi connectivity index (χ4v) is 2.30. The first kappa shape index (κ1) is 16.3. The standard InChI is InChI=1S/C18H23NO3/c1-13-10-19(11-14(2)21-4)15(3)18(17(13)20)22-12-16-8-6-5-7-9-16/h5-10,14H,11-12H2,1-4H3. The lowest BCUT2D eigenvalue weighted by Crippen LogP contribution is -2.22. The van der Waals surface area contributed by atoms with Gasteiger partial charge < -0.3 is 14.0 Å². The number of hydrogen-bond acceptors (Lipinski definition) is 3. The quantitative estimate of drug-likeness (QED) is 0.823. The first-order valence-corrected chi connectivity index (χ1v) is 7.43. The molecule has 0 aliphatic rings. The SMILES string of the molecule is COC(C)Cn1cc(C)c(=O)c(OCc2ccccc2)c1C. The van der Waals surface area contributed by atoms with Gasteiger partial charge in [-0.1, -0.05) is 30.3 Å². The molecule has 0 saturated carbocycles. The van der Waals surface area contributed by atoms with Gasteiger partial charge in [-0.3, -0.25) is 4.79 Å². The van der Waals surface area contributed by atoms with Crippen molar-refractivity contribution in [3.05, 3.63) is 63.6 Å². The number of pyridine rings is 1. The smallest absolute Gasteiger partial charge is 0.226 e. The Hall–Kier alpha value is -2.07. The predicted octanol–water partition coefficient (Wildman–Crippen LogP) is 3.08. The maximum Gasteiger partial charge on any atom is 0.226 e. The maximum atomic E-state index is 12.3.